The van der Waals surface area contributed by atoms with Crippen LogP contribution in [0.25, 0.3) is 0 Å². The number of unbranched alkanes of at least 4 members (excludes halogenated alkanes) is 18. The standard InChI is InChI=1S/C46H84NO8P/c1-6-8-10-12-14-16-18-20-22-23-25-26-28-30-32-34-36-38-45(48)52-42-44(43-54-56(50,51)53-41-40-47(3,4)5)55-46(49)39-37-35-33-31-29-27-24-21-19-17-15-13-11-9-7-2/h17,19-20,22,25-26,30,32,44H,6-16,18,21,23-24,27-29,31,33-43H2,1-5H3/p+1/b19-17+,22-20+,26-25+,32-30+/t44-/m1/s1. The van der Waals surface area contributed by atoms with Crippen LogP contribution in [0.4, 0.5) is 0 Å². The highest BCUT2D eigenvalue weighted by Gasteiger charge is 2.27. The zero-order chi connectivity index (χ0) is 41.4. The number of hydrogen-bond donors (Lipinski definition) is 1. The van der Waals surface area contributed by atoms with Gasteiger partial charge in [0.25, 0.3) is 0 Å². The molecule has 0 aromatic heterocycles. The third-order valence-electron chi connectivity index (χ3n) is 9.33. The summed E-state index contributed by atoms with van der Waals surface area (Å²) in [6.45, 7) is 4.34. The Morgan fingerprint density at radius 3 is 1.52 bits per heavy atom. The second kappa shape index (κ2) is 38.5. The number of allylic oxidation sites excluding steroid dienone is 8. The summed E-state index contributed by atoms with van der Waals surface area (Å²) in [4.78, 5) is 35.3. The molecule has 0 bridgehead atoms. The predicted molar refractivity (Wildman–Crippen MR) is 233 cm³/mol. The van der Waals surface area contributed by atoms with Crippen LogP contribution in [0.2, 0.25) is 0 Å². The summed E-state index contributed by atoms with van der Waals surface area (Å²) >= 11 is 0. The molecule has 1 N–H and O–H groups in total. The molecule has 326 valence electrons. The van der Waals surface area contributed by atoms with Crippen molar-refractivity contribution in [3.63, 3.8) is 0 Å². The highest BCUT2D eigenvalue weighted by molar-refractivity contribution is 7.47. The van der Waals surface area contributed by atoms with Crippen LogP contribution in [0.15, 0.2) is 48.6 Å². The lowest BCUT2D eigenvalue weighted by Crippen LogP contribution is -2.37. The van der Waals surface area contributed by atoms with E-state index in [1.54, 1.807) is 0 Å². The van der Waals surface area contributed by atoms with Gasteiger partial charge in [-0.25, -0.2) is 4.57 Å². The first kappa shape index (κ1) is 54.0. The van der Waals surface area contributed by atoms with Gasteiger partial charge in [0.15, 0.2) is 6.10 Å². The van der Waals surface area contributed by atoms with Crippen LogP contribution in [0.5, 0.6) is 0 Å². The van der Waals surface area contributed by atoms with Gasteiger partial charge >= 0.3 is 19.8 Å². The van der Waals surface area contributed by atoms with Gasteiger partial charge in [0.05, 0.1) is 27.7 Å². The molecule has 0 amide bonds. The van der Waals surface area contributed by atoms with Crippen molar-refractivity contribution < 1.29 is 42.1 Å². The van der Waals surface area contributed by atoms with Crippen LogP contribution >= 0.6 is 7.82 Å². The molecular weight excluding hydrogens is 725 g/mol. The Morgan fingerprint density at radius 1 is 0.554 bits per heavy atom. The number of ether oxygens (including phenoxy) is 2. The van der Waals surface area contributed by atoms with Crippen molar-refractivity contribution in [2.45, 2.75) is 187 Å². The van der Waals surface area contributed by atoms with E-state index in [1.807, 2.05) is 21.1 Å². The second-order valence-corrected chi connectivity index (χ2v) is 17.5. The first-order chi connectivity index (χ1) is 27.0. The number of phosphoric acid groups is 1. The molecule has 0 radical (unpaired) electrons. The third-order valence-corrected chi connectivity index (χ3v) is 10.3. The fourth-order valence-electron chi connectivity index (χ4n) is 5.79. The molecule has 0 heterocycles. The van der Waals surface area contributed by atoms with Gasteiger partial charge in [-0.05, 0) is 70.6 Å². The van der Waals surface area contributed by atoms with Gasteiger partial charge in [0.2, 0.25) is 0 Å². The topological polar surface area (TPSA) is 108 Å². The smallest absolute Gasteiger partial charge is 0.462 e. The molecule has 0 fully saturated rings. The number of carbonyl (C=O) groups is 2. The molecule has 0 aromatic rings. The number of phosphoric ester groups is 1. The number of rotatable bonds is 40. The molecule has 1 unspecified atom stereocenters. The number of esters is 2. The zero-order valence-corrected chi connectivity index (χ0v) is 37.5. The normalized spacial score (nSPS) is 14.0. The van der Waals surface area contributed by atoms with Crippen LogP contribution in [-0.4, -0.2) is 74.9 Å². The van der Waals surface area contributed by atoms with Crippen LogP contribution < -0.4 is 0 Å². The predicted octanol–water partition coefficient (Wildman–Crippen LogP) is 12.7. The monoisotopic (exact) mass is 811 g/mol. The van der Waals surface area contributed by atoms with Crippen molar-refractivity contribution >= 4 is 19.8 Å². The Hall–Kier alpha value is -2.03. The van der Waals surface area contributed by atoms with Gasteiger partial charge in [-0.2, -0.15) is 0 Å². The van der Waals surface area contributed by atoms with Crippen LogP contribution in [0, 0.1) is 0 Å². The quantitative estimate of drug-likeness (QED) is 0.0214. The molecule has 0 aliphatic carbocycles. The van der Waals surface area contributed by atoms with Crippen molar-refractivity contribution in [2.75, 3.05) is 47.5 Å². The molecule has 0 aromatic carbocycles. The van der Waals surface area contributed by atoms with E-state index in [9.17, 15) is 19.0 Å². The minimum Gasteiger partial charge on any atom is -0.462 e. The Morgan fingerprint density at radius 2 is 0.982 bits per heavy atom. The van der Waals surface area contributed by atoms with E-state index in [0.717, 1.165) is 51.4 Å². The summed E-state index contributed by atoms with van der Waals surface area (Å²) in [6, 6.07) is 0. The minimum absolute atomic E-state index is 0.0222. The first-order valence-electron chi connectivity index (χ1n) is 22.4. The molecule has 0 rings (SSSR count). The van der Waals surface area contributed by atoms with Crippen LogP contribution in [0.1, 0.15) is 181 Å². The SMILES string of the molecule is CCCCCC/C=C/CCCCCCCCCC(=O)O[C@H](COC(=O)CCC/C=C/C/C=C/C/C=C/CCCCCCCC)COP(=O)(O)OCC[N+](C)(C)C. The molecule has 0 spiro atoms. The fraction of sp³-hybridized carbons (Fsp3) is 0.783. The van der Waals surface area contributed by atoms with E-state index < -0.39 is 32.5 Å². The number of hydrogen-bond acceptors (Lipinski definition) is 7. The number of carbonyl (C=O) groups excluding carboxylic acids is 2. The van der Waals surface area contributed by atoms with E-state index in [2.05, 4.69) is 62.5 Å². The number of likely N-dealkylation sites (N-methyl/N-ethyl adjacent to an activating group) is 1. The van der Waals surface area contributed by atoms with Gasteiger partial charge in [-0.15, -0.1) is 0 Å². The lowest BCUT2D eigenvalue weighted by atomic mass is 10.1. The minimum atomic E-state index is -4.39. The average Bonchev–Trinajstić information content (AvgIpc) is 3.15. The lowest BCUT2D eigenvalue weighted by Gasteiger charge is -2.24. The molecular formula is C46H85NO8P+. The molecule has 0 saturated carbocycles. The van der Waals surface area contributed by atoms with E-state index >= 15 is 0 Å². The first-order valence-corrected chi connectivity index (χ1v) is 23.9. The van der Waals surface area contributed by atoms with Gasteiger partial charge < -0.3 is 18.9 Å². The maximum Gasteiger partial charge on any atom is 0.472 e. The molecule has 56 heavy (non-hydrogen) atoms. The van der Waals surface area contributed by atoms with E-state index in [0.29, 0.717) is 23.9 Å². The van der Waals surface area contributed by atoms with Gasteiger partial charge in [0, 0.05) is 12.8 Å². The maximum atomic E-state index is 12.7. The van der Waals surface area contributed by atoms with E-state index in [-0.39, 0.29) is 26.1 Å². The van der Waals surface area contributed by atoms with Gasteiger partial charge in [0.1, 0.15) is 19.8 Å². The second-order valence-electron chi connectivity index (χ2n) is 16.1. The number of quaternary nitrogens is 1. The fourth-order valence-corrected chi connectivity index (χ4v) is 6.53. The van der Waals surface area contributed by atoms with Crippen molar-refractivity contribution in [1.82, 2.24) is 0 Å². The molecule has 9 nitrogen and oxygen atoms in total. The van der Waals surface area contributed by atoms with Gasteiger partial charge in [-0.1, -0.05) is 146 Å². The van der Waals surface area contributed by atoms with Crippen molar-refractivity contribution in [1.29, 1.82) is 0 Å². The summed E-state index contributed by atoms with van der Waals surface area (Å²) in [5.74, 6) is -0.866. The summed E-state index contributed by atoms with van der Waals surface area (Å²) in [7, 11) is 1.44. The van der Waals surface area contributed by atoms with Crippen molar-refractivity contribution in [2.24, 2.45) is 0 Å². The van der Waals surface area contributed by atoms with E-state index in [1.165, 1.54) is 89.9 Å². The summed E-state index contributed by atoms with van der Waals surface area (Å²) in [5, 5.41) is 0. The van der Waals surface area contributed by atoms with Crippen LogP contribution in [-0.2, 0) is 32.7 Å². The van der Waals surface area contributed by atoms with E-state index in [4.69, 9.17) is 18.5 Å². The largest absolute Gasteiger partial charge is 0.472 e. The Kier molecular flexibility index (Phi) is 37.1. The highest BCUT2D eigenvalue weighted by atomic mass is 31.2. The highest BCUT2D eigenvalue weighted by Crippen LogP contribution is 2.43. The van der Waals surface area contributed by atoms with Gasteiger partial charge in [-0.3, -0.25) is 18.6 Å². The molecule has 10 heteroatoms. The Bertz CT molecular complexity index is 1100. The summed E-state index contributed by atoms with van der Waals surface area (Å²) in [6.07, 6.45) is 44.5. The van der Waals surface area contributed by atoms with Crippen molar-refractivity contribution in [3.05, 3.63) is 48.6 Å². The number of nitrogens with zero attached hydrogens (tertiary/aromatic N) is 1. The molecule has 0 aliphatic heterocycles. The summed E-state index contributed by atoms with van der Waals surface area (Å²) in [5.41, 5.74) is 0. The Balaban J connectivity index is 4.44. The molecule has 2 atom stereocenters. The van der Waals surface area contributed by atoms with Crippen molar-refractivity contribution in [3.8, 4) is 0 Å². The lowest BCUT2D eigenvalue weighted by molar-refractivity contribution is -0.870. The average molecular weight is 811 g/mol. The molecule has 0 saturated heterocycles. The summed E-state index contributed by atoms with van der Waals surface area (Å²) < 4.78 is 34.2. The van der Waals surface area contributed by atoms with Crippen LogP contribution in [0.3, 0.4) is 0 Å². The maximum absolute atomic E-state index is 12.7. The Labute approximate surface area is 343 Å². The zero-order valence-electron chi connectivity index (χ0n) is 36.6. The third kappa shape index (κ3) is 41.6. The molecule has 0 aliphatic rings.